The van der Waals surface area contributed by atoms with Gasteiger partial charge in [0.1, 0.15) is 35.1 Å². The van der Waals surface area contributed by atoms with Gasteiger partial charge in [-0.15, -0.1) is 0 Å². The minimum Gasteiger partial charge on any atom is -0.493 e. The first-order chi connectivity index (χ1) is 19.9. The molecule has 0 spiro atoms. The van der Waals surface area contributed by atoms with Gasteiger partial charge in [-0.25, -0.2) is 27.9 Å². The van der Waals surface area contributed by atoms with Gasteiger partial charge in [0.2, 0.25) is 0 Å². The Kier molecular flexibility index (Phi) is 8.34. The number of H-pyrrole nitrogens is 1. The maximum Gasteiger partial charge on any atom is 0.407 e. The molecule has 2 aromatic heterocycles. The second-order valence-corrected chi connectivity index (χ2v) is 12.1. The van der Waals surface area contributed by atoms with E-state index in [9.17, 15) is 22.8 Å². The molecule has 9 nitrogen and oxygen atoms in total. The molecule has 0 aliphatic heterocycles. The summed E-state index contributed by atoms with van der Waals surface area (Å²) in [6.07, 6.45) is -0.496. The van der Waals surface area contributed by atoms with E-state index in [1.807, 2.05) is 0 Å². The van der Waals surface area contributed by atoms with Crippen LogP contribution in [0, 0.1) is 12.8 Å². The van der Waals surface area contributed by atoms with Crippen molar-refractivity contribution in [2.75, 3.05) is 6.61 Å². The number of benzene rings is 1. The molecule has 2 fully saturated rings. The van der Waals surface area contributed by atoms with Crippen molar-refractivity contribution in [1.82, 2.24) is 25.6 Å². The summed E-state index contributed by atoms with van der Waals surface area (Å²) in [5.74, 6) is 0.439. The number of amides is 2. The minimum atomic E-state index is -2.68. The minimum absolute atomic E-state index is 0.0238. The Balaban J connectivity index is 1.35. The third kappa shape index (κ3) is 6.79. The maximum absolute atomic E-state index is 15.0. The number of aryl methyl sites for hydroxylation is 1. The number of rotatable bonds is 8. The van der Waals surface area contributed by atoms with Gasteiger partial charge in [0.25, 0.3) is 12.3 Å². The number of carbonyl (C=O) groups excluding carboxylic acids is 2. The first-order valence-corrected chi connectivity index (χ1v) is 14.2. The lowest BCUT2D eigenvalue weighted by molar-refractivity contribution is 0.0436. The number of alkyl halides is 3. The summed E-state index contributed by atoms with van der Waals surface area (Å²) in [5.41, 5.74) is 1.36. The molecule has 2 saturated carbocycles. The third-order valence-corrected chi connectivity index (χ3v) is 7.49. The lowest BCUT2D eigenvalue weighted by atomic mass is 9.89. The van der Waals surface area contributed by atoms with Crippen molar-refractivity contribution in [1.29, 1.82) is 0 Å². The summed E-state index contributed by atoms with van der Waals surface area (Å²) in [4.78, 5) is 37.4. The molecule has 2 heterocycles. The quantitative estimate of drug-likeness (QED) is 0.290. The lowest BCUT2D eigenvalue weighted by Crippen LogP contribution is -2.50. The SMILES string of the molecule is Cc1[nH]c2c(-c3cc(C(F)F)ccc3OCC3CC3)ncnc2c1C(=O)N[C@H]1CC[C@H](NC(=O)OC(C)(C)C)[C@@H](F)C1. The van der Waals surface area contributed by atoms with Crippen molar-refractivity contribution in [2.45, 2.75) is 90.1 Å². The van der Waals surface area contributed by atoms with Crippen LogP contribution in [0.3, 0.4) is 0 Å². The van der Waals surface area contributed by atoms with Gasteiger partial charge in [0.05, 0.1) is 23.7 Å². The smallest absolute Gasteiger partial charge is 0.407 e. The zero-order valence-electron chi connectivity index (χ0n) is 24.1. The highest BCUT2D eigenvalue weighted by molar-refractivity contribution is 6.09. The number of fused-ring (bicyclic) bond motifs is 1. The van der Waals surface area contributed by atoms with Gasteiger partial charge < -0.3 is 25.1 Å². The van der Waals surface area contributed by atoms with E-state index in [2.05, 4.69) is 25.6 Å². The van der Waals surface area contributed by atoms with E-state index in [4.69, 9.17) is 9.47 Å². The Morgan fingerprint density at radius 3 is 2.55 bits per heavy atom. The van der Waals surface area contributed by atoms with Crippen LogP contribution in [-0.4, -0.2) is 57.4 Å². The van der Waals surface area contributed by atoms with Crippen molar-refractivity contribution in [3.8, 4) is 17.0 Å². The second-order valence-electron chi connectivity index (χ2n) is 12.1. The van der Waals surface area contributed by atoms with Crippen molar-refractivity contribution in [3.63, 3.8) is 0 Å². The van der Waals surface area contributed by atoms with E-state index in [0.29, 0.717) is 59.1 Å². The third-order valence-electron chi connectivity index (χ3n) is 7.49. The van der Waals surface area contributed by atoms with E-state index in [0.717, 1.165) is 12.8 Å². The van der Waals surface area contributed by atoms with E-state index >= 15 is 0 Å². The number of halogens is 3. The largest absolute Gasteiger partial charge is 0.493 e. The zero-order chi connectivity index (χ0) is 30.2. The summed E-state index contributed by atoms with van der Waals surface area (Å²) < 4.78 is 53.4. The first kappa shape index (κ1) is 29.7. The van der Waals surface area contributed by atoms with Crippen LogP contribution in [0.15, 0.2) is 24.5 Å². The molecule has 0 bridgehead atoms. The predicted octanol–water partition coefficient (Wildman–Crippen LogP) is 6.17. The Hall–Kier alpha value is -3.83. The molecule has 1 aromatic carbocycles. The molecule has 12 heteroatoms. The molecule has 2 aliphatic rings. The number of nitrogens with one attached hydrogen (secondary N) is 3. The Bertz CT molecular complexity index is 1470. The van der Waals surface area contributed by atoms with E-state index in [1.165, 1.54) is 24.5 Å². The Morgan fingerprint density at radius 2 is 1.88 bits per heavy atom. The van der Waals surface area contributed by atoms with Gasteiger partial charge in [-0.1, -0.05) is 0 Å². The zero-order valence-corrected chi connectivity index (χ0v) is 24.1. The van der Waals surface area contributed by atoms with E-state index < -0.39 is 42.3 Å². The molecule has 0 radical (unpaired) electrons. The molecule has 2 amide bonds. The Morgan fingerprint density at radius 1 is 1.12 bits per heavy atom. The van der Waals surface area contributed by atoms with Crippen LogP contribution in [0.5, 0.6) is 5.75 Å². The molecule has 3 aromatic rings. The predicted molar refractivity (Wildman–Crippen MR) is 150 cm³/mol. The summed E-state index contributed by atoms with van der Waals surface area (Å²) in [5, 5.41) is 5.49. The highest BCUT2D eigenvalue weighted by Gasteiger charge is 2.34. The van der Waals surface area contributed by atoms with Crippen molar-refractivity contribution < 1.29 is 32.2 Å². The molecular weight excluding hydrogens is 551 g/mol. The molecule has 3 N–H and O–H groups in total. The number of hydrogen-bond acceptors (Lipinski definition) is 6. The molecule has 0 unspecified atom stereocenters. The topological polar surface area (TPSA) is 118 Å². The molecule has 2 aliphatic carbocycles. The van der Waals surface area contributed by atoms with Gasteiger partial charge in [-0.05, 0) is 77.5 Å². The van der Waals surface area contributed by atoms with Gasteiger partial charge in [0.15, 0.2) is 0 Å². The maximum atomic E-state index is 15.0. The molecule has 226 valence electrons. The number of nitrogens with zero attached hydrogens (tertiary/aromatic N) is 2. The number of hydrogen-bond donors (Lipinski definition) is 3. The summed E-state index contributed by atoms with van der Waals surface area (Å²) in [7, 11) is 0. The normalized spacial score (nSPS) is 20.9. The molecule has 3 atom stereocenters. The van der Waals surface area contributed by atoms with Gasteiger partial charge >= 0.3 is 6.09 Å². The standard InChI is InChI=1S/C30H36F3N5O4/c1-15-23(28(39)37-18-8-9-21(20(31)12-18)38-29(40)42-30(2,3)4)25-26(36-15)24(34-14-35-25)19-11-17(27(32)33)7-10-22(19)41-13-16-5-6-16/h7,10-11,14,16,18,20-21,27,36H,5-6,8-9,12-13H2,1-4H3,(H,37,39)(H,38,40)/t18-,20-,21-/m0/s1. The van der Waals surface area contributed by atoms with Crippen molar-refractivity contribution in [3.05, 3.63) is 41.3 Å². The van der Waals surface area contributed by atoms with Crippen LogP contribution < -0.4 is 15.4 Å². The van der Waals surface area contributed by atoms with Gasteiger partial charge in [-0.3, -0.25) is 4.79 Å². The Labute approximate surface area is 242 Å². The van der Waals surface area contributed by atoms with Crippen LogP contribution >= 0.6 is 0 Å². The summed E-state index contributed by atoms with van der Waals surface area (Å²) >= 11 is 0. The van der Waals surface area contributed by atoms with Gasteiger partial charge in [0, 0.05) is 29.3 Å². The second kappa shape index (κ2) is 11.8. The lowest BCUT2D eigenvalue weighted by Gasteiger charge is -2.33. The van der Waals surface area contributed by atoms with Crippen LogP contribution in [0.4, 0.5) is 18.0 Å². The monoisotopic (exact) mass is 587 g/mol. The number of alkyl carbamates (subject to hydrolysis) is 1. The summed E-state index contributed by atoms with van der Waals surface area (Å²) in [6.45, 7) is 7.39. The number of aromatic nitrogens is 3. The first-order valence-electron chi connectivity index (χ1n) is 14.2. The average molecular weight is 588 g/mol. The molecule has 0 saturated heterocycles. The fourth-order valence-electron chi connectivity index (χ4n) is 5.22. The number of carbonyl (C=O) groups is 2. The van der Waals surface area contributed by atoms with Crippen LogP contribution in [0.2, 0.25) is 0 Å². The van der Waals surface area contributed by atoms with Crippen LogP contribution in [0.1, 0.15) is 80.9 Å². The molecule has 5 rings (SSSR count). The number of aromatic amines is 1. The van der Waals surface area contributed by atoms with Crippen molar-refractivity contribution >= 4 is 23.0 Å². The average Bonchev–Trinajstić information content (AvgIpc) is 3.67. The fourth-order valence-corrected chi connectivity index (χ4v) is 5.22. The highest BCUT2D eigenvalue weighted by Crippen LogP contribution is 2.38. The number of ether oxygens (including phenoxy) is 2. The summed E-state index contributed by atoms with van der Waals surface area (Å²) in [6, 6.07) is 3.05. The van der Waals surface area contributed by atoms with Gasteiger partial charge in [-0.2, -0.15) is 0 Å². The van der Waals surface area contributed by atoms with Crippen LogP contribution in [-0.2, 0) is 4.74 Å². The van der Waals surface area contributed by atoms with E-state index in [1.54, 1.807) is 27.7 Å². The van der Waals surface area contributed by atoms with Crippen LogP contribution in [0.25, 0.3) is 22.3 Å². The van der Waals surface area contributed by atoms with Crippen molar-refractivity contribution in [2.24, 2.45) is 5.92 Å². The fraction of sp³-hybridized carbons (Fsp3) is 0.533. The van der Waals surface area contributed by atoms with E-state index in [-0.39, 0.29) is 17.5 Å². The molecular formula is C30H36F3N5O4. The molecule has 42 heavy (non-hydrogen) atoms. The highest BCUT2D eigenvalue weighted by atomic mass is 19.3.